The molecule has 0 aliphatic rings. The summed E-state index contributed by atoms with van der Waals surface area (Å²) >= 11 is 0. The topological polar surface area (TPSA) is 144 Å². The van der Waals surface area contributed by atoms with E-state index >= 15 is 0 Å². The summed E-state index contributed by atoms with van der Waals surface area (Å²) in [5.74, 6) is -0.671. The number of methoxy groups -OCH3 is 1. The number of ether oxygens (including phenoxy) is 5. The average Bonchev–Trinajstić information content (AvgIpc) is 3.06. The van der Waals surface area contributed by atoms with E-state index in [0.29, 0.717) is 45.6 Å². The first-order chi connectivity index (χ1) is 23.0. The van der Waals surface area contributed by atoms with Gasteiger partial charge in [0.1, 0.15) is 13.2 Å². The monoisotopic (exact) mass is 689 g/mol. The molecule has 0 fully saturated rings. The highest BCUT2D eigenvalue weighted by atomic mass is 16.6. The number of esters is 2. The Balaban J connectivity index is 0. The molecule has 0 aromatic heterocycles. The van der Waals surface area contributed by atoms with E-state index in [-0.39, 0.29) is 31.3 Å². The molecule has 1 atom stereocenters. The van der Waals surface area contributed by atoms with E-state index in [1.165, 1.54) is 103 Å². The lowest BCUT2D eigenvalue weighted by Crippen LogP contribution is -2.34. The Morgan fingerprint density at radius 2 is 0.958 bits per heavy atom. The van der Waals surface area contributed by atoms with Crippen LogP contribution in [0.2, 0.25) is 0 Å². The first-order valence-electron chi connectivity index (χ1n) is 19.4. The second kappa shape index (κ2) is 39.5. The van der Waals surface area contributed by atoms with E-state index in [1.54, 1.807) is 7.11 Å². The van der Waals surface area contributed by atoms with Gasteiger partial charge in [-0.25, -0.2) is 4.79 Å². The highest BCUT2D eigenvalue weighted by Gasteiger charge is 2.19. The summed E-state index contributed by atoms with van der Waals surface area (Å²) in [5.41, 5.74) is 0. The van der Waals surface area contributed by atoms with Crippen LogP contribution in [0.15, 0.2) is 0 Å². The average molecular weight is 689 g/mol. The molecule has 0 saturated heterocycles. The lowest BCUT2D eigenvalue weighted by molar-refractivity contribution is -0.161. The van der Waals surface area contributed by atoms with Crippen molar-refractivity contribution in [3.63, 3.8) is 0 Å². The van der Waals surface area contributed by atoms with E-state index in [1.807, 2.05) is 0 Å². The van der Waals surface area contributed by atoms with Gasteiger partial charge in [0.25, 0.3) is 0 Å². The molecule has 0 bridgehead atoms. The van der Waals surface area contributed by atoms with Gasteiger partial charge >= 0.3 is 18.0 Å². The van der Waals surface area contributed by atoms with E-state index in [2.05, 4.69) is 19.2 Å². The first kappa shape index (κ1) is 48.2. The van der Waals surface area contributed by atoms with Crippen LogP contribution in [0.25, 0.3) is 0 Å². The van der Waals surface area contributed by atoms with Crippen molar-refractivity contribution in [2.75, 3.05) is 46.7 Å². The Bertz CT molecular complexity index is 710. The van der Waals surface area contributed by atoms with Gasteiger partial charge in [-0.1, -0.05) is 142 Å². The van der Waals surface area contributed by atoms with E-state index in [9.17, 15) is 14.4 Å². The molecule has 0 heterocycles. The Kier molecular flexibility index (Phi) is 39.7. The standard InChI is InChI=1S/C38H73NO8.H3N/c1-4-6-8-10-12-14-16-18-20-22-24-27-36(40)45-33-35(34-46-38(42)39-29-26-30-44-32-31-43-3)47-37(41)28-25-23-21-19-17-15-13-11-9-7-5-2;/h35H,4-34H2,1-3H3,(H,39,42);1H3. The lowest BCUT2D eigenvalue weighted by atomic mass is 10.1. The van der Waals surface area contributed by atoms with Gasteiger partial charge in [0.05, 0.1) is 13.2 Å². The minimum atomic E-state index is -0.834. The minimum absolute atomic E-state index is 0. The van der Waals surface area contributed by atoms with E-state index in [4.69, 9.17) is 23.7 Å². The number of hydrogen-bond donors (Lipinski definition) is 2. The summed E-state index contributed by atoms with van der Waals surface area (Å²) in [6, 6.07) is 0. The minimum Gasteiger partial charge on any atom is -0.462 e. The molecule has 0 rings (SSSR count). The molecule has 10 heteroatoms. The van der Waals surface area contributed by atoms with Crippen molar-refractivity contribution in [3.05, 3.63) is 0 Å². The molecule has 0 saturated carbocycles. The molecule has 1 amide bonds. The maximum Gasteiger partial charge on any atom is 0.407 e. The molecule has 286 valence electrons. The van der Waals surface area contributed by atoms with Crippen LogP contribution in [-0.2, 0) is 33.3 Å². The summed E-state index contributed by atoms with van der Waals surface area (Å²) in [6.45, 7) is 6.11. The van der Waals surface area contributed by atoms with Crippen LogP contribution in [0.4, 0.5) is 4.79 Å². The Hall–Kier alpha value is -1.91. The molecular weight excluding hydrogens is 612 g/mol. The quantitative estimate of drug-likeness (QED) is 0.0373. The number of rotatable bonds is 36. The molecule has 48 heavy (non-hydrogen) atoms. The Morgan fingerprint density at radius 1 is 0.521 bits per heavy atom. The van der Waals surface area contributed by atoms with Crippen molar-refractivity contribution in [3.8, 4) is 0 Å². The molecular formula is C38H76N2O8. The molecule has 0 spiro atoms. The highest BCUT2D eigenvalue weighted by molar-refractivity contribution is 5.70. The molecule has 0 radical (unpaired) electrons. The van der Waals surface area contributed by atoms with Gasteiger partial charge in [0.2, 0.25) is 0 Å². The number of carbonyl (C=O) groups excluding carboxylic acids is 3. The van der Waals surface area contributed by atoms with Crippen molar-refractivity contribution >= 4 is 18.0 Å². The van der Waals surface area contributed by atoms with Crippen LogP contribution in [0.3, 0.4) is 0 Å². The fourth-order valence-electron chi connectivity index (χ4n) is 5.31. The zero-order chi connectivity index (χ0) is 34.5. The predicted molar refractivity (Wildman–Crippen MR) is 195 cm³/mol. The molecule has 1 unspecified atom stereocenters. The fourth-order valence-corrected chi connectivity index (χ4v) is 5.31. The van der Waals surface area contributed by atoms with Crippen LogP contribution in [0, 0.1) is 0 Å². The van der Waals surface area contributed by atoms with Crippen LogP contribution in [-0.4, -0.2) is 70.8 Å². The van der Waals surface area contributed by atoms with Gasteiger partial charge < -0.3 is 35.2 Å². The zero-order valence-electron chi connectivity index (χ0n) is 31.5. The van der Waals surface area contributed by atoms with Crippen molar-refractivity contribution < 1.29 is 38.1 Å². The molecule has 10 nitrogen and oxygen atoms in total. The number of unbranched alkanes of at least 4 members (excludes halogenated alkanes) is 20. The third-order valence-corrected chi connectivity index (χ3v) is 8.26. The summed E-state index contributed by atoms with van der Waals surface area (Å²) in [4.78, 5) is 37.1. The second-order valence-electron chi connectivity index (χ2n) is 12.8. The number of hydrogen-bond acceptors (Lipinski definition) is 9. The number of amides is 1. The van der Waals surface area contributed by atoms with Crippen LogP contribution >= 0.6 is 0 Å². The highest BCUT2D eigenvalue weighted by Crippen LogP contribution is 2.14. The molecule has 0 aliphatic carbocycles. The van der Waals surface area contributed by atoms with Crippen molar-refractivity contribution in [1.82, 2.24) is 11.5 Å². The summed E-state index contributed by atoms with van der Waals surface area (Å²) in [7, 11) is 1.62. The van der Waals surface area contributed by atoms with Crippen LogP contribution in [0.5, 0.6) is 0 Å². The third-order valence-electron chi connectivity index (χ3n) is 8.26. The normalized spacial score (nSPS) is 11.5. The molecule has 0 aromatic rings. The van der Waals surface area contributed by atoms with Gasteiger partial charge in [-0.3, -0.25) is 9.59 Å². The SMILES string of the molecule is CCCCCCCCCCCCCC(=O)OCC(COC(=O)NCCCOCCOC)OC(=O)CCCCCCCCCCCCC.N. The lowest BCUT2D eigenvalue weighted by Gasteiger charge is -2.18. The first-order valence-corrected chi connectivity index (χ1v) is 19.4. The Labute approximate surface area is 294 Å². The van der Waals surface area contributed by atoms with Crippen LogP contribution < -0.4 is 11.5 Å². The van der Waals surface area contributed by atoms with Gasteiger partial charge in [0.15, 0.2) is 6.10 Å². The van der Waals surface area contributed by atoms with E-state index < -0.39 is 12.2 Å². The number of carbonyl (C=O) groups is 3. The number of nitrogens with one attached hydrogen (secondary N) is 1. The zero-order valence-corrected chi connectivity index (χ0v) is 31.5. The van der Waals surface area contributed by atoms with Gasteiger partial charge in [0, 0.05) is 33.1 Å². The third kappa shape index (κ3) is 36.9. The summed E-state index contributed by atoms with van der Waals surface area (Å²) < 4.78 is 26.6. The maximum atomic E-state index is 12.6. The predicted octanol–water partition coefficient (Wildman–Crippen LogP) is 9.78. The Morgan fingerprint density at radius 3 is 1.44 bits per heavy atom. The summed E-state index contributed by atoms with van der Waals surface area (Å²) in [5, 5.41) is 2.67. The van der Waals surface area contributed by atoms with Gasteiger partial charge in [-0.15, -0.1) is 0 Å². The molecule has 0 aliphatic heterocycles. The van der Waals surface area contributed by atoms with Crippen LogP contribution in [0.1, 0.15) is 174 Å². The van der Waals surface area contributed by atoms with Gasteiger partial charge in [-0.2, -0.15) is 0 Å². The molecule has 4 N–H and O–H groups in total. The smallest absolute Gasteiger partial charge is 0.407 e. The maximum absolute atomic E-state index is 12.6. The number of alkyl carbamates (subject to hydrolysis) is 1. The summed E-state index contributed by atoms with van der Waals surface area (Å²) in [6.07, 6.45) is 26.4. The van der Waals surface area contributed by atoms with Crippen molar-refractivity contribution in [2.24, 2.45) is 0 Å². The van der Waals surface area contributed by atoms with Crippen molar-refractivity contribution in [2.45, 2.75) is 180 Å². The van der Waals surface area contributed by atoms with Gasteiger partial charge in [-0.05, 0) is 19.3 Å². The van der Waals surface area contributed by atoms with E-state index in [0.717, 1.165) is 38.5 Å². The largest absolute Gasteiger partial charge is 0.462 e. The fraction of sp³-hybridized carbons (Fsp3) is 0.921. The van der Waals surface area contributed by atoms with Crippen molar-refractivity contribution in [1.29, 1.82) is 0 Å². The molecule has 0 aromatic carbocycles. The second-order valence-corrected chi connectivity index (χ2v) is 12.8.